The summed E-state index contributed by atoms with van der Waals surface area (Å²) in [6.07, 6.45) is 1.82. The van der Waals surface area contributed by atoms with E-state index in [9.17, 15) is 0 Å². The molecule has 0 spiro atoms. The first-order chi connectivity index (χ1) is 7.80. The van der Waals surface area contributed by atoms with Gasteiger partial charge in [-0.1, -0.05) is 12.1 Å². The van der Waals surface area contributed by atoms with E-state index in [1.54, 1.807) is 7.11 Å². The molecule has 0 aliphatic rings. The number of ether oxygens (including phenoxy) is 1. The Morgan fingerprint density at radius 2 is 2.38 bits per heavy atom. The highest BCUT2D eigenvalue weighted by molar-refractivity contribution is 5.15. The molecule has 0 saturated carbocycles. The molecule has 0 amide bonds. The van der Waals surface area contributed by atoms with Crippen molar-refractivity contribution in [2.24, 2.45) is 0 Å². The van der Waals surface area contributed by atoms with Gasteiger partial charge in [-0.05, 0) is 6.07 Å². The van der Waals surface area contributed by atoms with Crippen LogP contribution in [0.15, 0.2) is 30.9 Å². The predicted molar refractivity (Wildman–Crippen MR) is 63.3 cm³/mol. The van der Waals surface area contributed by atoms with Crippen LogP contribution in [-0.2, 0) is 6.54 Å². The number of aliphatic hydroxyl groups is 1. The monoisotopic (exact) mass is 222 g/mol. The quantitative estimate of drug-likeness (QED) is 0.701. The first-order valence-electron chi connectivity index (χ1n) is 5.24. The van der Waals surface area contributed by atoms with Crippen molar-refractivity contribution in [2.45, 2.75) is 6.54 Å². The van der Waals surface area contributed by atoms with Gasteiger partial charge in [-0.25, -0.2) is 4.98 Å². The Kier molecular flexibility index (Phi) is 5.53. The molecule has 0 unspecified atom stereocenters. The van der Waals surface area contributed by atoms with Crippen LogP contribution in [0, 0.1) is 0 Å². The summed E-state index contributed by atoms with van der Waals surface area (Å²) in [5.41, 5.74) is 0.926. The van der Waals surface area contributed by atoms with Crippen molar-refractivity contribution < 1.29 is 9.84 Å². The first kappa shape index (κ1) is 12.7. The lowest BCUT2D eigenvalue weighted by Crippen LogP contribution is -2.27. The predicted octanol–water partition coefficient (Wildman–Crippen LogP) is 1.07. The second kappa shape index (κ2) is 6.98. The van der Waals surface area contributed by atoms with Crippen LogP contribution in [0.4, 0.5) is 0 Å². The van der Waals surface area contributed by atoms with Crippen molar-refractivity contribution >= 4 is 0 Å². The summed E-state index contributed by atoms with van der Waals surface area (Å²) >= 11 is 0. The van der Waals surface area contributed by atoms with E-state index in [2.05, 4.69) is 16.5 Å². The van der Waals surface area contributed by atoms with Gasteiger partial charge in [0.25, 0.3) is 0 Å². The molecule has 4 nitrogen and oxygen atoms in total. The second-order valence-electron chi connectivity index (χ2n) is 3.42. The Balaban J connectivity index is 2.64. The Morgan fingerprint density at radius 1 is 1.56 bits per heavy atom. The van der Waals surface area contributed by atoms with Gasteiger partial charge in [-0.3, -0.25) is 4.90 Å². The summed E-state index contributed by atoms with van der Waals surface area (Å²) in [5, 5.41) is 8.92. The van der Waals surface area contributed by atoms with Crippen LogP contribution in [0.1, 0.15) is 5.69 Å². The molecule has 0 aliphatic heterocycles. The fourth-order valence-electron chi connectivity index (χ4n) is 1.45. The minimum atomic E-state index is 0.137. The fourth-order valence-corrected chi connectivity index (χ4v) is 1.45. The number of methoxy groups -OCH3 is 1. The minimum absolute atomic E-state index is 0.137. The zero-order valence-electron chi connectivity index (χ0n) is 9.59. The molecule has 1 rings (SSSR count). The Labute approximate surface area is 96.2 Å². The maximum atomic E-state index is 8.92. The van der Waals surface area contributed by atoms with Crippen LogP contribution < -0.4 is 4.74 Å². The number of aromatic nitrogens is 1. The zero-order valence-corrected chi connectivity index (χ0v) is 9.59. The average Bonchev–Trinajstić information content (AvgIpc) is 2.30. The van der Waals surface area contributed by atoms with Gasteiger partial charge >= 0.3 is 0 Å². The van der Waals surface area contributed by atoms with Crippen LogP contribution in [-0.4, -0.2) is 41.8 Å². The topological polar surface area (TPSA) is 45.6 Å². The highest BCUT2D eigenvalue weighted by atomic mass is 16.5. The Bertz CT molecular complexity index is 329. The van der Waals surface area contributed by atoms with Gasteiger partial charge in [0.15, 0.2) is 0 Å². The molecule has 0 aromatic carbocycles. The van der Waals surface area contributed by atoms with Crippen molar-refractivity contribution in [3.05, 3.63) is 36.5 Å². The maximum Gasteiger partial charge on any atom is 0.213 e. The molecule has 0 saturated heterocycles. The molecule has 4 heteroatoms. The molecule has 1 aromatic rings. The van der Waals surface area contributed by atoms with Crippen LogP contribution in [0.25, 0.3) is 0 Å². The molecule has 1 heterocycles. The number of aliphatic hydroxyl groups excluding tert-OH is 1. The van der Waals surface area contributed by atoms with Gasteiger partial charge in [0.05, 0.1) is 19.4 Å². The van der Waals surface area contributed by atoms with Gasteiger partial charge in [0, 0.05) is 25.7 Å². The zero-order chi connectivity index (χ0) is 11.8. The number of rotatable bonds is 7. The van der Waals surface area contributed by atoms with Crippen molar-refractivity contribution in [1.82, 2.24) is 9.88 Å². The summed E-state index contributed by atoms with van der Waals surface area (Å²) in [5.74, 6) is 0.611. The largest absolute Gasteiger partial charge is 0.481 e. The van der Waals surface area contributed by atoms with Crippen molar-refractivity contribution in [1.29, 1.82) is 0 Å². The van der Waals surface area contributed by atoms with E-state index in [0.717, 1.165) is 12.2 Å². The van der Waals surface area contributed by atoms with Gasteiger partial charge in [-0.2, -0.15) is 0 Å². The van der Waals surface area contributed by atoms with E-state index >= 15 is 0 Å². The van der Waals surface area contributed by atoms with Gasteiger partial charge in [-0.15, -0.1) is 6.58 Å². The minimum Gasteiger partial charge on any atom is -0.481 e. The van der Waals surface area contributed by atoms with Crippen molar-refractivity contribution in [3.63, 3.8) is 0 Å². The number of nitrogens with zero attached hydrogens (tertiary/aromatic N) is 2. The molecule has 0 atom stereocenters. The molecule has 1 aromatic heterocycles. The number of pyridine rings is 1. The van der Waals surface area contributed by atoms with Gasteiger partial charge < -0.3 is 9.84 Å². The molecule has 0 aliphatic carbocycles. The fraction of sp³-hybridized carbons (Fsp3) is 0.417. The van der Waals surface area contributed by atoms with E-state index < -0.39 is 0 Å². The third-order valence-electron chi connectivity index (χ3n) is 2.18. The van der Waals surface area contributed by atoms with Crippen LogP contribution in [0.5, 0.6) is 5.88 Å². The molecule has 0 bridgehead atoms. The van der Waals surface area contributed by atoms with Gasteiger partial charge in [0.1, 0.15) is 0 Å². The lowest BCUT2D eigenvalue weighted by atomic mass is 10.3. The smallest absolute Gasteiger partial charge is 0.213 e. The van der Waals surface area contributed by atoms with Crippen molar-refractivity contribution in [2.75, 3.05) is 26.8 Å². The second-order valence-corrected chi connectivity index (χ2v) is 3.42. The van der Waals surface area contributed by atoms with Crippen molar-refractivity contribution in [3.8, 4) is 5.88 Å². The standard InChI is InChI=1S/C12H18N2O2/c1-3-7-14(8-9-15)10-11-5-4-6-12(13-11)16-2/h3-6,15H,1,7-10H2,2H3. The van der Waals surface area contributed by atoms with E-state index in [0.29, 0.717) is 19.0 Å². The lowest BCUT2D eigenvalue weighted by Gasteiger charge is -2.18. The first-order valence-corrected chi connectivity index (χ1v) is 5.24. The molecule has 0 radical (unpaired) electrons. The van der Waals surface area contributed by atoms with E-state index in [1.165, 1.54) is 0 Å². The molecule has 16 heavy (non-hydrogen) atoms. The molecule has 0 fully saturated rings. The van der Waals surface area contributed by atoms with E-state index in [1.807, 2.05) is 24.3 Å². The maximum absolute atomic E-state index is 8.92. The highest BCUT2D eigenvalue weighted by Gasteiger charge is 2.05. The summed E-state index contributed by atoms with van der Waals surface area (Å²) < 4.78 is 5.06. The van der Waals surface area contributed by atoms with E-state index in [4.69, 9.17) is 9.84 Å². The summed E-state index contributed by atoms with van der Waals surface area (Å²) in [6, 6.07) is 5.66. The lowest BCUT2D eigenvalue weighted by molar-refractivity contribution is 0.202. The van der Waals surface area contributed by atoms with E-state index in [-0.39, 0.29) is 6.61 Å². The molecular formula is C12H18N2O2. The highest BCUT2D eigenvalue weighted by Crippen LogP contribution is 2.08. The summed E-state index contributed by atoms with van der Waals surface area (Å²) in [4.78, 5) is 6.38. The number of hydrogen-bond acceptors (Lipinski definition) is 4. The van der Waals surface area contributed by atoms with Crippen LogP contribution >= 0.6 is 0 Å². The van der Waals surface area contributed by atoms with Crippen LogP contribution in [0.3, 0.4) is 0 Å². The SMILES string of the molecule is C=CCN(CCO)Cc1cccc(OC)n1. The third kappa shape index (κ3) is 4.00. The molecule has 88 valence electrons. The summed E-state index contributed by atoms with van der Waals surface area (Å²) in [6.45, 7) is 5.86. The third-order valence-corrected chi connectivity index (χ3v) is 2.18. The Hall–Kier alpha value is -1.39. The normalized spacial score (nSPS) is 10.4. The Morgan fingerprint density at radius 3 is 3.00 bits per heavy atom. The summed E-state index contributed by atoms with van der Waals surface area (Å²) in [7, 11) is 1.60. The molecular weight excluding hydrogens is 204 g/mol. The number of hydrogen-bond donors (Lipinski definition) is 1. The van der Waals surface area contributed by atoms with Gasteiger partial charge in [0.2, 0.25) is 5.88 Å². The molecule has 1 N–H and O–H groups in total. The average molecular weight is 222 g/mol. The van der Waals surface area contributed by atoms with Crippen LogP contribution in [0.2, 0.25) is 0 Å².